The number of para-hydroxylation sites is 3. The number of carboxylic acids is 1. The van der Waals surface area contributed by atoms with Crippen molar-refractivity contribution in [1.29, 1.82) is 0 Å². The van der Waals surface area contributed by atoms with Crippen LogP contribution < -0.4 is 20.8 Å². The van der Waals surface area contributed by atoms with E-state index in [1.807, 2.05) is 31.2 Å². The Hall–Kier alpha value is -4.44. The SMILES string of the molecule is Cc1ccccc1-n1c(SCC(=O)N/N=C\c2ccccc2OCC(=O)[O-])nc2ccccc2c1=O. The second-order valence-electron chi connectivity index (χ2n) is 7.62. The van der Waals surface area contributed by atoms with Gasteiger partial charge in [0.25, 0.3) is 11.5 Å². The number of ether oxygens (including phenoxy) is 1. The molecule has 1 amide bonds. The van der Waals surface area contributed by atoms with Crippen molar-refractivity contribution in [2.45, 2.75) is 12.1 Å². The van der Waals surface area contributed by atoms with E-state index in [2.05, 4.69) is 15.5 Å². The van der Waals surface area contributed by atoms with Gasteiger partial charge in [0, 0.05) is 5.56 Å². The predicted octanol–water partition coefficient (Wildman–Crippen LogP) is 2.07. The summed E-state index contributed by atoms with van der Waals surface area (Å²) < 4.78 is 6.68. The van der Waals surface area contributed by atoms with Gasteiger partial charge in [-0.15, -0.1) is 0 Å². The summed E-state index contributed by atoms with van der Waals surface area (Å²) >= 11 is 1.12. The zero-order valence-electron chi connectivity index (χ0n) is 19.2. The van der Waals surface area contributed by atoms with Gasteiger partial charge in [-0.2, -0.15) is 5.10 Å². The summed E-state index contributed by atoms with van der Waals surface area (Å²) in [7, 11) is 0. The molecule has 0 saturated carbocycles. The second-order valence-corrected chi connectivity index (χ2v) is 8.56. The third-order valence-electron chi connectivity index (χ3n) is 5.09. The molecule has 0 saturated heterocycles. The summed E-state index contributed by atoms with van der Waals surface area (Å²) in [6.07, 6.45) is 1.35. The Morgan fingerprint density at radius 1 is 1.08 bits per heavy atom. The van der Waals surface area contributed by atoms with Crippen molar-refractivity contribution in [2.24, 2.45) is 5.10 Å². The Kier molecular flexibility index (Phi) is 7.76. The van der Waals surface area contributed by atoms with E-state index in [9.17, 15) is 19.5 Å². The number of hydrogen-bond donors (Lipinski definition) is 1. The number of hydrogen-bond acceptors (Lipinski definition) is 8. The molecule has 0 aliphatic rings. The number of nitrogens with zero attached hydrogens (tertiary/aromatic N) is 3. The normalized spacial score (nSPS) is 11.0. The number of aryl methyl sites for hydroxylation is 1. The molecule has 3 aromatic carbocycles. The summed E-state index contributed by atoms with van der Waals surface area (Å²) in [4.78, 5) is 41.1. The topological polar surface area (TPSA) is 126 Å². The van der Waals surface area contributed by atoms with E-state index in [4.69, 9.17) is 4.74 Å². The monoisotopic (exact) mass is 501 g/mol. The Morgan fingerprint density at radius 2 is 1.81 bits per heavy atom. The van der Waals surface area contributed by atoms with E-state index in [1.165, 1.54) is 10.8 Å². The Bertz CT molecular complexity index is 1520. The van der Waals surface area contributed by atoms with Gasteiger partial charge in [-0.25, -0.2) is 10.4 Å². The van der Waals surface area contributed by atoms with E-state index >= 15 is 0 Å². The highest BCUT2D eigenvalue weighted by atomic mass is 32.2. The van der Waals surface area contributed by atoms with Crippen LogP contribution in [0.25, 0.3) is 16.6 Å². The van der Waals surface area contributed by atoms with Crippen LogP contribution in [0, 0.1) is 6.92 Å². The van der Waals surface area contributed by atoms with E-state index in [0.717, 1.165) is 17.3 Å². The van der Waals surface area contributed by atoms with Gasteiger partial charge in [0.1, 0.15) is 12.4 Å². The standard InChI is InChI=1S/C26H22N4O5S/c1-17-8-2-6-12-21(17)30-25(34)19-10-4-5-11-20(19)28-26(30)36-16-23(31)29-27-14-18-9-3-7-13-22(18)35-15-24(32)33/h2-14H,15-16H2,1H3,(H,29,31)(H,32,33)/p-1/b27-14-. The minimum absolute atomic E-state index is 0.0448. The zero-order chi connectivity index (χ0) is 25.5. The first kappa shape index (κ1) is 24.7. The number of rotatable bonds is 9. The zero-order valence-corrected chi connectivity index (χ0v) is 20.0. The van der Waals surface area contributed by atoms with Crippen molar-refractivity contribution in [1.82, 2.24) is 15.0 Å². The Labute approximate surface area is 210 Å². The maximum atomic E-state index is 13.3. The fourth-order valence-electron chi connectivity index (χ4n) is 3.43. The number of carbonyl (C=O) groups excluding carboxylic acids is 2. The van der Waals surface area contributed by atoms with Gasteiger partial charge in [0.2, 0.25) is 0 Å². The van der Waals surface area contributed by atoms with Gasteiger partial charge in [0.15, 0.2) is 5.16 Å². The molecule has 0 spiro atoms. The first-order valence-electron chi connectivity index (χ1n) is 10.9. The first-order valence-corrected chi connectivity index (χ1v) is 11.9. The number of thioether (sulfide) groups is 1. The number of aliphatic carboxylic acids is 1. The molecule has 9 nitrogen and oxygen atoms in total. The molecule has 182 valence electrons. The summed E-state index contributed by atoms with van der Waals surface area (Å²) in [6.45, 7) is 1.30. The van der Waals surface area contributed by atoms with Crippen LogP contribution in [0.3, 0.4) is 0 Å². The molecule has 0 aliphatic carbocycles. The summed E-state index contributed by atoms with van der Waals surface area (Å²) in [5, 5.41) is 15.4. The lowest BCUT2D eigenvalue weighted by Crippen LogP contribution is -2.29. The van der Waals surface area contributed by atoms with Crippen LogP contribution in [-0.2, 0) is 9.59 Å². The number of fused-ring (bicyclic) bond motifs is 1. The summed E-state index contributed by atoms with van der Waals surface area (Å²) in [5.41, 5.74) is 4.82. The van der Waals surface area contributed by atoms with Gasteiger partial charge in [0.05, 0.1) is 34.5 Å². The van der Waals surface area contributed by atoms with Crippen molar-refractivity contribution >= 4 is 40.8 Å². The van der Waals surface area contributed by atoms with Crippen molar-refractivity contribution < 1.29 is 19.4 Å². The number of nitrogens with one attached hydrogen (secondary N) is 1. The molecule has 0 aliphatic heterocycles. The van der Waals surface area contributed by atoms with E-state index < -0.39 is 18.5 Å². The largest absolute Gasteiger partial charge is 0.546 e. The van der Waals surface area contributed by atoms with Crippen LogP contribution >= 0.6 is 11.8 Å². The van der Waals surface area contributed by atoms with E-state index in [0.29, 0.717) is 27.3 Å². The maximum absolute atomic E-state index is 13.3. The average Bonchev–Trinajstić information content (AvgIpc) is 2.87. The van der Waals surface area contributed by atoms with Crippen LogP contribution in [0.1, 0.15) is 11.1 Å². The molecule has 1 aromatic heterocycles. The summed E-state index contributed by atoms with van der Waals surface area (Å²) in [6, 6.07) is 21.2. The highest BCUT2D eigenvalue weighted by Crippen LogP contribution is 2.23. The molecule has 36 heavy (non-hydrogen) atoms. The van der Waals surface area contributed by atoms with Gasteiger partial charge in [-0.1, -0.05) is 54.2 Å². The molecule has 0 unspecified atom stereocenters. The molecule has 10 heteroatoms. The van der Waals surface area contributed by atoms with E-state index in [-0.39, 0.29) is 17.1 Å². The number of aromatic nitrogens is 2. The van der Waals surface area contributed by atoms with Crippen LogP contribution in [0.4, 0.5) is 0 Å². The van der Waals surface area contributed by atoms with Crippen LogP contribution in [-0.4, -0.2) is 40.0 Å². The number of amides is 1. The molecule has 0 atom stereocenters. The fourth-order valence-corrected chi connectivity index (χ4v) is 4.23. The van der Waals surface area contributed by atoms with Gasteiger partial charge in [-0.3, -0.25) is 14.2 Å². The van der Waals surface area contributed by atoms with Gasteiger partial charge >= 0.3 is 0 Å². The van der Waals surface area contributed by atoms with Crippen molar-refractivity contribution in [3.63, 3.8) is 0 Å². The number of carbonyl (C=O) groups is 2. The Balaban J connectivity index is 1.52. The molecule has 1 N–H and O–H groups in total. The van der Waals surface area contributed by atoms with Crippen molar-refractivity contribution in [3.8, 4) is 11.4 Å². The fraction of sp³-hybridized carbons (Fsp3) is 0.115. The molecule has 4 rings (SSSR count). The minimum Gasteiger partial charge on any atom is -0.546 e. The third kappa shape index (κ3) is 5.78. The number of benzene rings is 3. The lowest BCUT2D eigenvalue weighted by molar-refractivity contribution is -0.307. The molecule has 0 bridgehead atoms. The van der Waals surface area contributed by atoms with Crippen LogP contribution in [0.15, 0.2) is 87.8 Å². The molecular formula is C26H21N4O5S-. The first-order chi connectivity index (χ1) is 17.4. The smallest absolute Gasteiger partial charge is 0.266 e. The molecule has 4 aromatic rings. The molecule has 1 heterocycles. The van der Waals surface area contributed by atoms with Gasteiger partial charge < -0.3 is 14.6 Å². The molecule has 0 fully saturated rings. The lowest BCUT2D eigenvalue weighted by atomic mass is 10.2. The third-order valence-corrected chi connectivity index (χ3v) is 6.03. The second kappa shape index (κ2) is 11.3. The quantitative estimate of drug-likeness (QED) is 0.161. The average molecular weight is 502 g/mol. The number of hydrazone groups is 1. The van der Waals surface area contributed by atoms with Gasteiger partial charge in [-0.05, 0) is 42.8 Å². The molecule has 0 radical (unpaired) electrons. The lowest BCUT2D eigenvalue weighted by Gasteiger charge is -2.14. The predicted molar refractivity (Wildman–Crippen MR) is 135 cm³/mol. The summed E-state index contributed by atoms with van der Waals surface area (Å²) in [5.74, 6) is -1.52. The maximum Gasteiger partial charge on any atom is 0.266 e. The molecular weight excluding hydrogens is 480 g/mol. The van der Waals surface area contributed by atoms with E-state index in [1.54, 1.807) is 48.5 Å². The van der Waals surface area contributed by atoms with Crippen molar-refractivity contribution in [3.05, 3.63) is 94.3 Å². The Morgan fingerprint density at radius 3 is 2.61 bits per heavy atom. The van der Waals surface area contributed by atoms with Crippen LogP contribution in [0.2, 0.25) is 0 Å². The number of carboxylic acid groups (broad SMARTS) is 1. The highest BCUT2D eigenvalue weighted by Gasteiger charge is 2.15. The van der Waals surface area contributed by atoms with Crippen molar-refractivity contribution in [2.75, 3.05) is 12.4 Å². The minimum atomic E-state index is -1.35. The van der Waals surface area contributed by atoms with Crippen LogP contribution in [0.5, 0.6) is 5.75 Å². The highest BCUT2D eigenvalue weighted by molar-refractivity contribution is 7.99.